The fourth-order valence-corrected chi connectivity index (χ4v) is 1.78. The summed E-state index contributed by atoms with van der Waals surface area (Å²) in [5.41, 5.74) is 6.90. The minimum absolute atomic E-state index is 0.267. The highest BCUT2D eigenvalue weighted by atomic mass is 79.9. The van der Waals surface area contributed by atoms with Gasteiger partial charge < -0.3 is 10.5 Å². The number of halogens is 2. The number of aromatic nitrogens is 1. The second kappa shape index (κ2) is 4.71. The van der Waals surface area contributed by atoms with Crippen LogP contribution in [0.15, 0.2) is 34.9 Å². The molecule has 17 heavy (non-hydrogen) atoms. The number of rotatable bonds is 2. The lowest BCUT2D eigenvalue weighted by molar-refractivity contribution is 0.456. The van der Waals surface area contributed by atoms with Gasteiger partial charge in [-0.25, -0.2) is 9.37 Å². The van der Waals surface area contributed by atoms with Crippen LogP contribution < -0.4 is 10.5 Å². The number of ether oxygens (including phenoxy) is 1. The smallest absolute Gasteiger partial charge is 0.222 e. The van der Waals surface area contributed by atoms with Crippen molar-refractivity contribution in [2.24, 2.45) is 0 Å². The van der Waals surface area contributed by atoms with Gasteiger partial charge in [0.25, 0.3) is 0 Å². The Kier molecular flexibility index (Phi) is 3.28. The summed E-state index contributed by atoms with van der Waals surface area (Å²) in [7, 11) is 0. The first-order valence-corrected chi connectivity index (χ1v) is 5.70. The maximum Gasteiger partial charge on any atom is 0.222 e. The molecule has 0 amide bonds. The van der Waals surface area contributed by atoms with Gasteiger partial charge in [-0.15, -0.1) is 0 Å². The van der Waals surface area contributed by atoms with Gasteiger partial charge in [0.05, 0.1) is 5.69 Å². The van der Waals surface area contributed by atoms with E-state index in [1.54, 1.807) is 6.20 Å². The number of benzene rings is 1. The predicted molar refractivity (Wildman–Crippen MR) is 67.6 cm³/mol. The van der Waals surface area contributed by atoms with Gasteiger partial charge >= 0.3 is 0 Å². The summed E-state index contributed by atoms with van der Waals surface area (Å²) in [5.74, 6) is 0.275. The maximum absolute atomic E-state index is 13.1. The van der Waals surface area contributed by atoms with Crippen LogP contribution in [0.4, 0.5) is 10.1 Å². The molecule has 3 nitrogen and oxygen atoms in total. The highest BCUT2D eigenvalue weighted by Gasteiger charge is 2.07. The van der Waals surface area contributed by atoms with Crippen molar-refractivity contribution in [1.29, 1.82) is 0 Å². The van der Waals surface area contributed by atoms with E-state index in [-0.39, 0.29) is 5.75 Å². The Morgan fingerprint density at radius 1 is 1.35 bits per heavy atom. The number of nitrogens with zero attached hydrogens (tertiary/aromatic N) is 1. The standard InChI is InChI=1S/C12H10BrFN2O/c1-7-4-8(13)6-16-12(7)17-11-5-9(14)2-3-10(11)15/h2-6H,15H2,1H3. The third kappa shape index (κ3) is 2.74. The van der Waals surface area contributed by atoms with Crippen molar-refractivity contribution in [1.82, 2.24) is 4.98 Å². The van der Waals surface area contributed by atoms with Gasteiger partial charge in [-0.2, -0.15) is 0 Å². The number of hydrogen-bond donors (Lipinski definition) is 1. The average Bonchev–Trinajstić information content (AvgIpc) is 2.27. The zero-order chi connectivity index (χ0) is 12.4. The third-order valence-corrected chi connectivity index (χ3v) is 2.61. The molecule has 0 bridgehead atoms. The molecule has 5 heteroatoms. The van der Waals surface area contributed by atoms with Crippen molar-refractivity contribution >= 4 is 21.6 Å². The van der Waals surface area contributed by atoms with Gasteiger partial charge in [-0.3, -0.25) is 0 Å². The van der Waals surface area contributed by atoms with Gasteiger partial charge in [0, 0.05) is 22.3 Å². The Morgan fingerprint density at radius 3 is 2.82 bits per heavy atom. The second-order valence-corrected chi connectivity index (χ2v) is 4.48. The maximum atomic E-state index is 13.1. The van der Waals surface area contributed by atoms with Gasteiger partial charge in [-0.05, 0) is 41.1 Å². The molecule has 0 aliphatic carbocycles. The van der Waals surface area contributed by atoms with Crippen LogP contribution in [-0.2, 0) is 0 Å². The normalized spacial score (nSPS) is 10.3. The quantitative estimate of drug-likeness (QED) is 0.860. The zero-order valence-corrected chi connectivity index (χ0v) is 10.7. The van der Waals surface area contributed by atoms with Crippen molar-refractivity contribution in [3.63, 3.8) is 0 Å². The third-order valence-electron chi connectivity index (χ3n) is 2.18. The fourth-order valence-electron chi connectivity index (χ4n) is 1.34. The highest BCUT2D eigenvalue weighted by Crippen LogP contribution is 2.29. The summed E-state index contributed by atoms with van der Waals surface area (Å²) in [6, 6.07) is 5.83. The summed E-state index contributed by atoms with van der Waals surface area (Å²) in [6.07, 6.45) is 1.61. The molecule has 88 valence electrons. The van der Waals surface area contributed by atoms with Crippen LogP contribution in [0.3, 0.4) is 0 Å². The van der Waals surface area contributed by atoms with Crippen molar-refractivity contribution in [3.8, 4) is 11.6 Å². The molecule has 0 unspecified atom stereocenters. The molecule has 1 aromatic heterocycles. The van der Waals surface area contributed by atoms with E-state index in [1.807, 2.05) is 13.0 Å². The first-order valence-electron chi connectivity index (χ1n) is 4.91. The molecule has 1 aromatic carbocycles. The van der Waals surface area contributed by atoms with E-state index >= 15 is 0 Å². The SMILES string of the molecule is Cc1cc(Br)cnc1Oc1cc(F)ccc1N. The molecule has 0 atom stereocenters. The molecule has 2 N–H and O–H groups in total. The van der Waals surface area contributed by atoms with Crippen molar-refractivity contribution in [3.05, 3.63) is 46.3 Å². The minimum atomic E-state index is -0.399. The number of aryl methyl sites for hydroxylation is 1. The van der Waals surface area contributed by atoms with E-state index in [9.17, 15) is 4.39 Å². The van der Waals surface area contributed by atoms with Crippen LogP contribution in [0.2, 0.25) is 0 Å². The first-order chi connectivity index (χ1) is 8.06. The molecular weight excluding hydrogens is 287 g/mol. The topological polar surface area (TPSA) is 48.1 Å². The average molecular weight is 297 g/mol. The van der Waals surface area contributed by atoms with Crippen LogP contribution >= 0.6 is 15.9 Å². The fraction of sp³-hybridized carbons (Fsp3) is 0.0833. The lowest BCUT2D eigenvalue weighted by atomic mass is 10.3. The monoisotopic (exact) mass is 296 g/mol. The number of hydrogen-bond acceptors (Lipinski definition) is 3. The van der Waals surface area contributed by atoms with Crippen molar-refractivity contribution < 1.29 is 9.13 Å². The van der Waals surface area contributed by atoms with E-state index in [4.69, 9.17) is 10.5 Å². The van der Waals surface area contributed by atoms with E-state index < -0.39 is 5.82 Å². The summed E-state index contributed by atoms with van der Waals surface area (Å²) < 4.78 is 19.4. The van der Waals surface area contributed by atoms with E-state index in [0.717, 1.165) is 10.0 Å². The number of pyridine rings is 1. The van der Waals surface area contributed by atoms with Crippen LogP contribution in [-0.4, -0.2) is 4.98 Å². The molecule has 0 radical (unpaired) electrons. The molecule has 2 rings (SSSR count). The van der Waals surface area contributed by atoms with Crippen molar-refractivity contribution in [2.45, 2.75) is 6.92 Å². The Bertz CT molecular complexity index is 560. The number of nitrogens with two attached hydrogens (primary N) is 1. The Morgan fingerprint density at radius 2 is 2.12 bits per heavy atom. The highest BCUT2D eigenvalue weighted by molar-refractivity contribution is 9.10. The molecular formula is C12H10BrFN2O. The van der Waals surface area contributed by atoms with Gasteiger partial charge in [0.2, 0.25) is 5.88 Å². The first kappa shape index (κ1) is 11.9. The van der Waals surface area contributed by atoms with Crippen LogP contribution in [0.5, 0.6) is 11.6 Å². The van der Waals surface area contributed by atoms with Crippen LogP contribution in [0.1, 0.15) is 5.56 Å². The summed E-state index contributed by atoms with van der Waals surface area (Å²) >= 11 is 3.31. The summed E-state index contributed by atoms with van der Waals surface area (Å²) in [6.45, 7) is 1.85. The molecule has 1 heterocycles. The predicted octanol–water partition coefficient (Wildman–Crippen LogP) is 3.67. The molecule has 0 aliphatic heterocycles. The molecule has 0 fully saturated rings. The largest absolute Gasteiger partial charge is 0.436 e. The van der Waals surface area contributed by atoms with Crippen LogP contribution in [0.25, 0.3) is 0 Å². The zero-order valence-electron chi connectivity index (χ0n) is 9.08. The second-order valence-electron chi connectivity index (χ2n) is 3.56. The lowest BCUT2D eigenvalue weighted by Crippen LogP contribution is -1.96. The van der Waals surface area contributed by atoms with E-state index in [1.165, 1.54) is 18.2 Å². The van der Waals surface area contributed by atoms with Gasteiger partial charge in [-0.1, -0.05) is 0 Å². The van der Waals surface area contributed by atoms with E-state index in [2.05, 4.69) is 20.9 Å². The van der Waals surface area contributed by atoms with E-state index in [0.29, 0.717) is 11.6 Å². The lowest BCUT2D eigenvalue weighted by Gasteiger charge is -2.09. The minimum Gasteiger partial charge on any atom is -0.436 e. The Labute approximate surface area is 107 Å². The van der Waals surface area contributed by atoms with Gasteiger partial charge in [0.15, 0.2) is 5.75 Å². The van der Waals surface area contributed by atoms with Crippen LogP contribution in [0, 0.1) is 12.7 Å². The Balaban J connectivity index is 2.34. The number of anilines is 1. The molecule has 0 spiro atoms. The Hall–Kier alpha value is -1.62. The summed E-state index contributed by atoms with van der Waals surface area (Å²) in [4.78, 5) is 4.10. The van der Waals surface area contributed by atoms with Gasteiger partial charge in [0.1, 0.15) is 5.82 Å². The molecule has 0 saturated heterocycles. The van der Waals surface area contributed by atoms with Crippen molar-refractivity contribution in [2.75, 3.05) is 5.73 Å². The molecule has 0 aliphatic rings. The number of nitrogen functional groups attached to an aromatic ring is 1. The molecule has 0 saturated carbocycles. The molecule has 2 aromatic rings. The summed E-state index contributed by atoms with van der Waals surface area (Å²) in [5, 5.41) is 0.